The number of thiophene rings is 1. The highest BCUT2D eigenvalue weighted by atomic mass is 32.1. The molecule has 2 unspecified atom stereocenters. The highest BCUT2D eigenvalue weighted by Crippen LogP contribution is 2.45. The maximum absolute atomic E-state index is 13.4. The van der Waals surface area contributed by atoms with Crippen LogP contribution >= 0.6 is 11.3 Å². The first-order chi connectivity index (χ1) is 19.5. The van der Waals surface area contributed by atoms with Crippen LogP contribution in [0.5, 0.6) is 0 Å². The summed E-state index contributed by atoms with van der Waals surface area (Å²) in [7, 11) is -2.02. The van der Waals surface area contributed by atoms with Gasteiger partial charge in [-0.25, -0.2) is 19.7 Å². The summed E-state index contributed by atoms with van der Waals surface area (Å²) in [6.07, 6.45) is 0.936. The van der Waals surface area contributed by atoms with E-state index >= 15 is 0 Å². The van der Waals surface area contributed by atoms with Gasteiger partial charge in [0.15, 0.2) is 37.3 Å². The second kappa shape index (κ2) is 10.9. The fourth-order valence-corrected chi connectivity index (χ4v) is 6.53. The number of fused-ring (bicyclic) bond motifs is 2. The SMILES string of the molecule is CC(C)(C)OC(=O)N(Cc1ccsc1)c1ncnc2c1ncn2[C@@H]1O[C@H](CO[Si](C)(C)C(C)(C)C)C2OC(C)(C)OC21. The summed E-state index contributed by atoms with van der Waals surface area (Å²) in [6, 6.07) is 1.97. The maximum atomic E-state index is 13.4. The molecule has 42 heavy (non-hydrogen) atoms. The molecule has 0 bridgehead atoms. The molecule has 5 rings (SSSR count). The Morgan fingerprint density at radius 1 is 1.12 bits per heavy atom. The lowest BCUT2D eigenvalue weighted by atomic mass is 10.1. The first kappa shape index (κ1) is 31.0. The lowest BCUT2D eigenvalue weighted by Gasteiger charge is -2.37. The van der Waals surface area contributed by atoms with Crippen LogP contribution in [0.3, 0.4) is 0 Å². The van der Waals surface area contributed by atoms with Crippen molar-refractivity contribution in [3.05, 3.63) is 35.0 Å². The summed E-state index contributed by atoms with van der Waals surface area (Å²) in [6.45, 7) is 21.1. The molecule has 3 aromatic heterocycles. The second-order valence-electron chi connectivity index (χ2n) is 13.9. The summed E-state index contributed by atoms with van der Waals surface area (Å²) in [4.78, 5) is 28.7. The topological polar surface area (TPSA) is 110 Å². The number of carbonyl (C=O) groups excluding carboxylic acids is 1. The van der Waals surface area contributed by atoms with Gasteiger partial charge in [-0.05, 0) is 75.1 Å². The van der Waals surface area contributed by atoms with Crippen LogP contribution in [-0.4, -0.2) is 70.2 Å². The molecule has 3 aromatic rings. The minimum absolute atomic E-state index is 0.0631. The van der Waals surface area contributed by atoms with Crippen molar-refractivity contribution in [3.63, 3.8) is 0 Å². The Balaban J connectivity index is 1.48. The third-order valence-electron chi connectivity index (χ3n) is 7.94. The van der Waals surface area contributed by atoms with Crippen LogP contribution in [0.15, 0.2) is 29.5 Å². The Kier molecular flexibility index (Phi) is 8.08. The van der Waals surface area contributed by atoms with Gasteiger partial charge in [0.25, 0.3) is 0 Å². The Hall–Kier alpha value is -2.42. The monoisotopic (exact) mass is 617 g/mol. The normalized spacial score (nSPS) is 24.2. The molecule has 0 N–H and O–H groups in total. The fourth-order valence-electron chi connectivity index (χ4n) is 4.86. The number of carbonyl (C=O) groups is 1. The third kappa shape index (κ3) is 6.27. The van der Waals surface area contributed by atoms with Gasteiger partial charge in [0.05, 0.1) is 19.5 Å². The zero-order valence-electron chi connectivity index (χ0n) is 26.2. The average Bonchev–Trinajstić information content (AvgIpc) is 3.63. The van der Waals surface area contributed by atoms with E-state index in [2.05, 4.69) is 48.8 Å². The number of nitrogens with zero attached hydrogens (tertiary/aromatic N) is 5. The van der Waals surface area contributed by atoms with Crippen LogP contribution in [-0.2, 0) is 29.9 Å². The van der Waals surface area contributed by atoms with E-state index in [1.54, 1.807) is 17.7 Å². The molecule has 2 aliphatic heterocycles. The average molecular weight is 618 g/mol. The molecule has 5 heterocycles. The van der Waals surface area contributed by atoms with Crippen molar-refractivity contribution in [2.24, 2.45) is 0 Å². The zero-order chi connectivity index (χ0) is 30.7. The lowest BCUT2D eigenvalue weighted by molar-refractivity contribution is -0.199. The number of rotatable bonds is 7. The van der Waals surface area contributed by atoms with Crippen LogP contribution in [0.2, 0.25) is 18.1 Å². The van der Waals surface area contributed by atoms with Gasteiger partial charge in [0.1, 0.15) is 30.2 Å². The van der Waals surface area contributed by atoms with E-state index in [1.165, 1.54) is 11.2 Å². The van der Waals surface area contributed by atoms with Crippen molar-refractivity contribution in [1.82, 2.24) is 19.5 Å². The van der Waals surface area contributed by atoms with Crippen LogP contribution in [0.4, 0.5) is 10.6 Å². The molecule has 4 atom stereocenters. The predicted octanol–water partition coefficient (Wildman–Crippen LogP) is 6.27. The van der Waals surface area contributed by atoms with Gasteiger partial charge in [-0.15, -0.1) is 0 Å². The van der Waals surface area contributed by atoms with Crippen molar-refractivity contribution in [1.29, 1.82) is 0 Å². The number of imidazole rings is 1. The number of ether oxygens (including phenoxy) is 4. The molecule has 1 amide bonds. The molecular weight excluding hydrogens is 575 g/mol. The Morgan fingerprint density at radius 2 is 1.83 bits per heavy atom. The summed E-state index contributed by atoms with van der Waals surface area (Å²) < 4.78 is 33.4. The van der Waals surface area contributed by atoms with E-state index < -0.39 is 38.1 Å². The molecule has 11 nitrogen and oxygen atoms in total. The Morgan fingerprint density at radius 3 is 2.48 bits per heavy atom. The van der Waals surface area contributed by atoms with Crippen LogP contribution in [0.1, 0.15) is 67.2 Å². The van der Waals surface area contributed by atoms with Crippen molar-refractivity contribution >= 4 is 42.7 Å². The van der Waals surface area contributed by atoms with E-state index in [0.717, 1.165) is 5.56 Å². The molecule has 0 saturated carbocycles. The Labute approximate surface area is 252 Å². The third-order valence-corrected chi connectivity index (χ3v) is 13.2. The molecule has 2 saturated heterocycles. The highest BCUT2D eigenvalue weighted by molar-refractivity contribution is 7.07. The molecule has 2 fully saturated rings. The first-order valence-electron chi connectivity index (χ1n) is 14.3. The maximum Gasteiger partial charge on any atom is 0.416 e. The van der Waals surface area contributed by atoms with E-state index in [-0.39, 0.29) is 23.8 Å². The van der Waals surface area contributed by atoms with Crippen molar-refractivity contribution in [2.45, 2.75) is 116 Å². The van der Waals surface area contributed by atoms with E-state index in [9.17, 15) is 4.79 Å². The quantitative estimate of drug-likeness (QED) is 0.283. The zero-order valence-corrected chi connectivity index (χ0v) is 28.0. The van der Waals surface area contributed by atoms with Gasteiger partial charge in [-0.2, -0.15) is 11.3 Å². The van der Waals surface area contributed by atoms with Gasteiger partial charge >= 0.3 is 6.09 Å². The molecule has 2 aliphatic rings. The summed E-state index contributed by atoms with van der Waals surface area (Å²) in [5.41, 5.74) is 1.25. The number of hydrogen-bond acceptors (Lipinski definition) is 10. The predicted molar refractivity (Wildman–Crippen MR) is 163 cm³/mol. The molecule has 0 aromatic carbocycles. The number of hydrogen-bond donors (Lipinski definition) is 0. The second-order valence-corrected chi connectivity index (χ2v) is 19.5. The van der Waals surface area contributed by atoms with Gasteiger partial charge < -0.3 is 23.4 Å². The minimum Gasteiger partial charge on any atom is -0.443 e. The molecule has 230 valence electrons. The fraction of sp³-hybridized carbons (Fsp3) is 0.655. The number of aromatic nitrogens is 4. The molecule has 0 spiro atoms. The van der Waals surface area contributed by atoms with Crippen LogP contribution in [0, 0.1) is 0 Å². The minimum atomic E-state index is -2.02. The Bertz CT molecular complexity index is 1410. The molecule has 0 aliphatic carbocycles. The van der Waals surface area contributed by atoms with Crippen molar-refractivity contribution < 1.29 is 28.2 Å². The largest absolute Gasteiger partial charge is 0.443 e. The standard InChI is InChI=1S/C29H43N5O6SSi/c1-27(2,3)40-26(35)33(13-18-11-12-41-15-18)23-20-24(31-16-30-23)34(17-32-20)25-22-21(38-29(7,8)39-22)19(37-25)14-36-42(9,10)28(4,5)6/h11-12,15-17,19,21-22,25H,13-14H2,1-10H3/t19-,21?,22?,25-/m1/s1. The van der Waals surface area contributed by atoms with Crippen molar-refractivity contribution in [3.8, 4) is 0 Å². The molecule has 0 radical (unpaired) electrons. The summed E-state index contributed by atoms with van der Waals surface area (Å²) >= 11 is 1.56. The van der Waals surface area contributed by atoms with Crippen molar-refractivity contribution in [2.75, 3.05) is 11.5 Å². The summed E-state index contributed by atoms with van der Waals surface area (Å²) in [5, 5.41) is 4.02. The first-order valence-corrected chi connectivity index (χ1v) is 18.2. The number of anilines is 1. The molecular formula is C29H43N5O6SSi. The lowest BCUT2D eigenvalue weighted by Crippen LogP contribution is -2.44. The van der Waals surface area contributed by atoms with Gasteiger partial charge in [-0.3, -0.25) is 9.47 Å². The van der Waals surface area contributed by atoms with Gasteiger partial charge in [0, 0.05) is 0 Å². The van der Waals surface area contributed by atoms with E-state index in [1.807, 2.05) is 56.0 Å². The van der Waals surface area contributed by atoms with Crippen LogP contribution in [0.25, 0.3) is 11.2 Å². The smallest absolute Gasteiger partial charge is 0.416 e. The number of amides is 1. The highest BCUT2D eigenvalue weighted by Gasteiger charge is 2.56. The van der Waals surface area contributed by atoms with E-state index in [0.29, 0.717) is 23.6 Å². The van der Waals surface area contributed by atoms with Gasteiger partial charge in [0.2, 0.25) is 0 Å². The van der Waals surface area contributed by atoms with Gasteiger partial charge in [-0.1, -0.05) is 20.8 Å². The summed E-state index contributed by atoms with van der Waals surface area (Å²) in [5.74, 6) is -0.424. The van der Waals surface area contributed by atoms with E-state index in [4.69, 9.17) is 23.4 Å². The molecule has 13 heteroatoms. The van der Waals surface area contributed by atoms with Crippen LogP contribution < -0.4 is 4.90 Å².